The molecule has 152 valence electrons. The highest BCUT2D eigenvalue weighted by Crippen LogP contribution is 2.36. The van der Waals surface area contributed by atoms with E-state index in [1.165, 1.54) is 6.92 Å². The van der Waals surface area contributed by atoms with Crippen LogP contribution in [0.15, 0.2) is 30.3 Å². The van der Waals surface area contributed by atoms with E-state index < -0.39 is 26.4 Å². The molecule has 0 bridgehead atoms. The number of rotatable bonds is 9. The Balaban J connectivity index is 2.69. The van der Waals surface area contributed by atoms with Gasteiger partial charge in [0, 0.05) is 25.0 Å². The molecule has 27 heavy (non-hydrogen) atoms. The first-order valence-corrected chi connectivity index (χ1v) is 12.4. The molecule has 0 N–H and O–H groups in total. The van der Waals surface area contributed by atoms with E-state index in [1.807, 2.05) is 13.0 Å². The molecule has 0 saturated carbocycles. The molecule has 0 fully saturated rings. The van der Waals surface area contributed by atoms with Gasteiger partial charge in [0.05, 0.1) is 6.61 Å². The molecule has 0 aliphatic rings. The van der Waals surface area contributed by atoms with Crippen molar-refractivity contribution in [1.82, 2.24) is 0 Å². The standard InChI is InChI=1S/C21H34O5Si/c1-8-17(15-25-27(6,7)21(3,4)5)14-24-20(23)19(26-16(2)22)18-12-10-9-11-13-18/h9-13,17,19H,8,14-15H2,1-7H3/t17-,19+/m1/s1. The maximum atomic E-state index is 12.5. The second-order valence-corrected chi connectivity index (χ2v) is 13.2. The van der Waals surface area contributed by atoms with E-state index in [9.17, 15) is 9.59 Å². The quantitative estimate of drug-likeness (QED) is 0.441. The number of hydrogen-bond donors (Lipinski definition) is 0. The Bertz CT molecular complexity index is 607. The van der Waals surface area contributed by atoms with Gasteiger partial charge in [0.2, 0.25) is 6.10 Å². The van der Waals surface area contributed by atoms with Gasteiger partial charge in [-0.15, -0.1) is 0 Å². The van der Waals surface area contributed by atoms with E-state index in [0.29, 0.717) is 12.2 Å². The summed E-state index contributed by atoms with van der Waals surface area (Å²) in [6, 6.07) is 8.91. The van der Waals surface area contributed by atoms with Crippen LogP contribution in [-0.2, 0) is 23.5 Å². The highest BCUT2D eigenvalue weighted by molar-refractivity contribution is 6.74. The highest BCUT2D eigenvalue weighted by atomic mass is 28.4. The molecule has 0 amide bonds. The number of carbonyl (C=O) groups excluding carboxylic acids is 2. The molecule has 5 nitrogen and oxygen atoms in total. The fourth-order valence-electron chi connectivity index (χ4n) is 2.15. The van der Waals surface area contributed by atoms with E-state index in [4.69, 9.17) is 13.9 Å². The molecule has 0 saturated heterocycles. The van der Waals surface area contributed by atoms with Gasteiger partial charge in [-0.3, -0.25) is 4.79 Å². The van der Waals surface area contributed by atoms with E-state index in [2.05, 4.69) is 33.9 Å². The molecule has 1 aromatic carbocycles. The third-order valence-electron chi connectivity index (χ3n) is 5.12. The van der Waals surface area contributed by atoms with Gasteiger partial charge in [0.25, 0.3) is 0 Å². The lowest BCUT2D eigenvalue weighted by Crippen LogP contribution is -2.42. The van der Waals surface area contributed by atoms with Gasteiger partial charge in [0.15, 0.2) is 8.32 Å². The highest BCUT2D eigenvalue weighted by Gasteiger charge is 2.37. The minimum Gasteiger partial charge on any atom is -0.462 e. The van der Waals surface area contributed by atoms with Gasteiger partial charge in [-0.2, -0.15) is 0 Å². The van der Waals surface area contributed by atoms with Crippen LogP contribution >= 0.6 is 0 Å². The summed E-state index contributed by atoms with van der Waals surface area (Å²) >= 11 is 0. The number of ether oxygens (including phenoxy) is 2. The fraction of sp³-hybridized carbons (Fsp3) is 0.619. The fourth-order valence-corrected chi connectivity index (χ4v) is 3.23. The van der Waals surface area contributed by atoms with Crippen molar-refractivity contribution in [3.8, 4) is 0 Å². The lowest BCUT2D eigenvalue weighted by atomic mass is 10.1. The molecule has 0 heterocycles. The third kappa shape index (κ3) is 7.46. The summed E-state index contributed by atoms with van der Waals surface area (Å²) in [6.07, 6.45) is -0.201. The number of esters is 2. The van der Waals surface area contributed by atoms with Crippen molar-refractivity contribution in [2.24, 2.45) is 5.92 Å². The first kappa shape index (κ1) is 23.4. The van der Waals surface area contributed by atoms with Crippen LogP contribution in [0.3, 0.4) is 0 Å². The molecular formula is C21H34O5Si. The van der Waals surface area contributed by atoms with Crippen molar-refractivity contribution in [2.75, 3.05) is 13.2 Å². The van der Waals surface area contributed by atoms with Crippen LogP contribution in [0.4, 0.5) is 0 Å². The maximum Gasteiger partial charge on any atom is 0.352 e. The zero-order valence-electron chi connectivity index (χ0n) is 17.7. The summed E-state index contributed by atoms with van der Waals surface area (Å²) in [4.78, 5) is 23.9. The summed E-state index contributed by atoms with van der Waals surface area (Å²) in [5, 5.41) is 0.135. The maximum absolute atomic E-state index is 12.5. The van der Waals surface area contributed by atoms with Crippen LogP contribution in [0.1, 0.15) is 52.7 Å². The van der Waals surface area contributed by atoms with Crippen molar-refractivity contribution < 1.29 is 23.5 Å². The van der Waals surface area contributed by atoms with Gasteiger partial charge in [-0.1, -0.05) is 58.0 Å². The predicted octanol–water partition coefficient (Wildman–Crippen LogP) is 4.88. The van der Waals surface area contributed by atoms with Crippen molar-refractivity contribution >= 4 is 20.3 Å². The molecule has 6 heteroatoms. The molecule has 0 aromatic heterocycles. The van der Waals surface area contributed by atoms with Gasteiger partial charge >= 0.3 is 11.9 Å². The Kier molecular flexibility index (Phi) is 8.69. The topological polar surface area (TPSA) is 61.8 Å². The Labute approximate surface area is 164 Å². The summed E-state index contributed by atoms with van der Waals surface area (Å²) in [7, 11) is -1.85. The Morgan fingerprint density at radius 1 is 1.07 bits per heavy atom. The zero-order valence-corrected chi connectivity index (χ0v) is 18.7. The van der Waals surface area contributed by atoms with E-state index in [-0.39, 0.29) is 17.6 Å². The van der Waals surface area contributed by atoms with Crippen molar-refractivity contribution in [2.45, 2.75) is 65.3 Å². The van der Waals surface area contributed by atoms with Crippen LogP contribution in [0.2, 0.25) is 18.1 Å². The molecule has 0 spiro atoms. The van der Waals surface area contributed by atoms with Crippen molar-refractivity contribution in [1.29, 1.82) is 0 Å². The SMILES string of the molecule is CC[C@H](COC(=O)[C@@H](OC(C)=O)c1ccccc1)CO[Si](C)(C)C(C)(C)C. The number of benzene rings is 1. The van der Waals surface area contributed by atoms with Crippen molar-refractivity contribution in [3.05, 3.63) is 35.9 Å². The van der Waals surface area contributed by atoms with Crippen LogP contribution < -0.4 is 0 Å². The van der Waals surface area contributed by atoms with Crippen LogP contribution in [0, 0.1) is 5.92 Å². The van der Waals surface area contributed by atoms with Gasteiger partial charge in [-0.05, 0) is 24.6 Å². The monoisotopic (exact) mass is 394 g/mol. The zero-order chi connectivity index (χ0) is 20.7. The van der Waals surface area contributed by atoms with Crippen LogP contribution in [0.25, 0.3) is 0 Å². The normalized spacial score (nSPS) is 14.3. The third-order valence-corrected chi connectivity index (χ3v) is 9.63. The Hall–Kier alpha value is -1.66. The summed E-state index contributed by atoms with van der Waals surface area (Å²) in [5.41, 5.74) is 0.600. The number of hydrogen-bond acceptors (Lipinski definition) is 5. The van der Waals surface area contributed by atoms with Crippen LogP contribution in [-0.4, -0.2) is 33.5 Å². The van der Waals surface area contributed by atoms with Crippen LogP contribution in [0.5, 0.6) is 0 Å². The average molecular weight is 395 g/mol. The largest absolute Gasteiger partial charge is 0.462 e. The van der Waals surface area contributed by atoms with Gasteiger partial charge in [0.1, 0.15) is 0 Å². The molecule has 2 atom stereocenters. The lowest BCUT2D eigenvalue weighted by molar-refractivity contribution is -0.168. The Morgan fingerprint density at radius 3 is 2.15 bits per heavy atom. The van der Waals surface area contributed by atoms with Crippen molar-refractivity contribution in [3.63, 3.8) is 0 Å². The Morgan fingerprint density at radius 2 is 1.67 bits per heavy atom. The minimum atomic E-state index is -1.85. The van der Waals surface area contributed by atoms with Gasteiger partial charge < -0.3 is 13.9 Å². The molecule has 0 aliphatic carbocycles. The van der Waals surface area contributed by atoms with E-state index >= 15 is 0 Å². The summed E-state index contributed by atoms with van der Waals surface area (Å²) in [5.74, 6) is -0.965. The first-order chi connectivity index (χ1) is 12.5. The molecule has 0 aliphatic heterocycles. The molecule has 1 rings (SSSR count). The summed E-state index contributed by atoms with van der Waals surface area (Å²) < 4.78 is 16.9. The molecular weight excluding hydrogens is 360 g/mol. The second kappa shape index (κ2) is 10.0. The average Bonchev–Trinajstić information content (AvgIpc) is 2.59. The molecule has 0 unspecified atom stereocenters. The predicted molar refractivity (Wildman–Crippen MR) is 109 cm³/mol. The van der Waals surface area contributed by atoms with E-state index in [1.54, 1.807) is 24.3 Å². The summed E-state index contributed by atoms with van der Waals surface area (Å²) in [6.45, 7) is 15.1. The second-order valence-electron chi connectivity index (χ2n) is 8.38. The lowest BCUT2D eigenvalue weighted by Gasteiger charge is -2.37. The first-order valence-electron chi connectivity index (χ1n) is 9.50. The minimum absolute atomic E-state index is 0.108. The molecule has 0 radical (unpaired) electrons. The van der Waals surface area contributed by atoms with E-state index in [0.717, 1.165) is 6.42 Å². The van der Waals surface area contributed by atoms with Gasteiger partial charge in [-0.25, -0.2) is 4.79 Å². The number of carbonyl (C=O) groups is 2. The smallest absolute Gasteiger partial charge is 0.352 e. The molecule has 1 aromatic rings.